The van der Waals surface area contributed by atoms with Gasteiger partial charge >= 0.3 is 0 Å². The van der Waals surface area contributed by atoms with Gasteiger partial charge in [0.15, 0.2) is 0 Å². The molecule has 6 heteroatoms. The molecule has 3 aromatic heterocycles. The number of aromatic nitrogens is 5. The lowest BCUT2D eigenvalue weighted by Crippen LogP contribution is -2.02. The van der Waals surface area contributed by atoms with E-state index in [0.717, 1.165) is 41.1 Å². The first-order chi connectivity index (χ1) is 9.76. The summed E-state index contributed by atoms with van der Waals surface area (Å²) in [5.41, 5.74) is 3.32. The predicted molar refractivity (Wildman–Crippen MR) is 74.0 cm³/mol. The summed E-state index contributed by atoms with van der Waals surface area (Å²) in [6, 6.07) is 1.99. The molecule has 3 aromatic rings. The molecule has 0 atom stereocenters. The van der Waals surface area contributed by atoms with Crippen LogP contribution in [0.2, 0.25) is 0 Å². The molecule has 3 rings (SSSR count). The molecule has 0 radical (unpaired) electrons. The molecule has 2 N–H and O–H groups in total. The van der Waals surface area contributed by atoms with E-state index in [1.165, 1.54) is 0 Å². The summed E-state index contributed by atoms with van der Waals surface area (Å²) in [5.74, 6) is 0.755. The van der Waals surface area contributed by atoms with E-state index in [4.69, 9.17) is 5.11 Å². The van der Waals surface area contributed by atoms with Crippen LogP contribution >= 0.6 is 0 Å². The average Bonchev–Trinajstić information content (AvgIpc) is 2.93. The summed E-state index contributed by atoms with van der Waals surface area (Å²) in [7, 11) is 0. The van der Waals surface area contributed by atoms with E-state index in [1.807, 2.05) is 19.2 Å². The first-order valence-corrected chi connectivity index (χ1v) is 6.47. The van der Waals surface area contributed by atoms with Gasteiger partial charge in [0.2, 0.25) is 0 Å². The molecule has 0 saturated heterocycles. The van der Waals surface area contributed by atoms with Gasteiger partial charge in [-0.25, -0.2) is 9.97 Å². The van der Waals surface area contributed by atoms with E-state index >= 15 is 0 Å². The van der Waals surface area contributed by atoms with Gasteiger partial charge in [0, 0.05) is 17.8 Å². The van der Waals surface area contributed by atoms with E-state index in [2.05, 4.69) is 24.9 Å². The maximum atomic E-state index is 9.07. The Morgan fingerprint density at radius 3 is 2.80 bits per heavy atom. The second kappa shape index (κ2) is 5.34. The van der Waals surface area contributed by atoms with Crippen LogP contribution in [0.4, 0.5) is 0 Å². The van der Waals surface area contributed by atoms with Crippen LogP contribution in [0.25, 0.3) is 11.0 Å². The number of fused-ring (bicyclic) bond motifs is 1. The van der Waals surface area contributed by atoms with Crippen LogP contribution in [0.1, 0.15) is 22.9 Å². The van der Waals surface area contributed by atoms with E-state index < -0.39 is 0 Å². The van der Waals surface area contributed by atoms with Gasteiger partial charge in [-0.3, -0.25) is 9.97 Å². The van der Waals surface area contributed by atoms with Crippen molar-refractivity contribution in [3.05, 3.63) is 47.6 Å². The summed E-state index contributed by atoms with van der Waals surface area (Å²) in [5, 5.41) is 10.1. The molecule has 0 saturated carbocycles. The average molecular weight is 269 g/mol. The number of hydrogen-bond donors (Lipinski definition) is 2. The zero-order valence-corrected chi connectivity index (χ0v) is 11.2. The Morgan fingerprint density at radius 2 is 1.95 bits per heavy atom. The van der Waals surface area contributed by atoms with Crippen LogP contribution in [0.5, 0.6) is 0 Å². The molecule has 20 heavy (non-hydrogen) atoms. The third-order valence-corrected chi connectivity index (χ3v) is 3.12. The zero-order chi connectivity index (χ0) is 13.9. The van der Waals surface area contributed by atoms with Crippen molar-refractivity contribution in [2.45, 2.75) is 26.4 Å². The summed E-state index contributed by atoms with van der Waals surface area (Å²) in [6.07, 6.45) is 6.66. The fourth-order valence-corrected chi connectivity index (χ4v) is 2.21. The molecule has 6 nitrogen and oxygen atoms in total. The van der Waals surface area contributed by atoms with Gasteiger partial charge in [0.1, 0.15) is 11.5 Å². The van der Waals surface area contributed by atoms with Crippen molar-refractivity contribution >= 4 is 11.0 Å². The molecule has 0 amide bonds. The van der Waals surface area contributed by atoms with Crippen molar-refractivity contribution in [3.63, 3.8) is 0 Å². The minimum absolute atomic E-state index is 0.0878. The van der Waals surface area contributed by atoms with E-state index in [-0.39, 0.29) is 6.61 Å². The number of aliphatic hydroxyl groups excluding tert-OH is 1. The Hall–Kier alpha value is -2.34. The molecular formula is C14H15N5O. The van der Waals surface area contributed by atoms with Gasteiger partial charge in [0.25, 0.3) is 0 Å². The van der Waals surface area contributed by atoms with Gasteiger partial charge in [-0.05, 0) is 25.8 Å². The molecule has 0 fully saturated rings. The van der Waals surface area contributed by atoms with E-state index in [1.54, 1.807) is 12.4 Å². The van der Waals surface area contributed by atoms with Crippen LogP contribution < -0.4 is 0 Å². The molecule has 0 aliphatic carbocycles. The fourth-order valence-electron chi connectivity index (χ4n) is 2.21. The number of aliphatic hydroxyl groups is 1. The number of hydrogen-bond acceptors (Lipinski definition) is 5. The normalized spacial score (nSPS) is 11.1. The topological polar surface area (TPSA) is 87.6 Å². The molecule has 0 bridgehead atoms. The van der Waals surface area contributed by atoms with Crippen molar-refractivity contribution in [1.82, 2.24) is 24.9 Å². The summed E-state index contributed by atoms with van der Waals surface area (Å²) in [6.45, 7) is 1.80. The second-order valence-corrected chi connectivity index (χ2v) is 4.62. The van der Waals surface area contributed by atoms with Crippen LogP contribution in [0.15, 0.2) is 24.7 Å². The first-order valence-electron chi connectivity index (χ1n) is 6.47. The lowest BCUT2D eigenvalue weighted by atomic mass is 10.1. The Morgan fingerprint density at radius 1 is 1.10 bits per heavy atom. The highest BCUT2D eigenvalue weighted by molar-refractivity contribution is 5.77. The SMILES string of the molecule is Cc1nc(CCc2cncc(CO)n2)c2cc[nH]c2n1. The Bertz CT molecular complexity index is 737. The predicted octanol–water partition coefficient (Wildman–Crippen LogP) is 1.33. The van der Waals surface area contributed by atoms with Crippen LogP contribution in [0, 0.1) is 6.92 Å². The van der Waals surface area contributed by atoms with Crippen molar-refractivity contribution < 1.29 is 5.11 Å². The molecule has 0 unspecified atom stereocenters. The number of aromatic amines is 1. The van der Waals surface area contributed by atoms with Crippen molar-refractivity contribution in [2.75, 3.05) is 0 Å². The maximum absolute atomic E-state index is 9.07. The third-order valence-electron chi connectivity index (χ3n) is 3.12. The molecule has 0 aliphatic heterocycles. The van der Waals surface area contributed by atoms with Crippen LogP contribution in [-0.4, -0.2) is 30.0 Å². The van der Waals surface area contributed by atoms with Crippen molar-refractivity contribution in [1.29, 1.82) is 0 Å². The number of rotatable bonds is 4. The van der Waals surface area contributed by atoms with Gasteiger partial charge in [-0.1, -0.05) is 0 Å². The Balaban J connectivity index is 1.84. The third kappa shape index (κ3) is 2.50. The number of nitrogens with zero attached hydrogens (tertiary/aromatic N) is 4. The zero-order valence-electron chi connectivity index (χ0n) is 11.2. The summed E-state index contributed by atoms with van der Waals surface area (Å²) in [4.78, 5) is 20.4. The highest BCUT2D eigenvalue weighted by Crippen LogP contribution is 2.16. The lowest BCUT2D eigenvalue weighted by molar-refractivity contribution is 0.276. The van der Waals surface area contributed by atoms with E-state index in [0.29, 0.717) is 5.69 Å². The Kier molecular flexibility index (Phi) is 3.39. The Labute approximate surface area is 116 Å². The van der Waals surface area contributed by atoms with Crippen molar-refractivity contribution in [3.8, 4) is 0 Å². The fraction of sp³-hybridized carbons (Fsp3) is 0.286. The van der Waals surface area contributed by atoms with Gasteiger partial charge < -0.3 is 10.1 Å². The van der Waals surface area contributed by atoms with Crippen molar-refractivity contribution in [2.24, 2.45) is 0 Å². The van der Waals surface area contributed by atoms with Gasteiger partial charge in [-0.2, -0.15) is 0 Å². The largest absolute Gasteiger partial charge is 0.390 e. The molecule has 3 heterocycles. The summed E-state index contributed by atoms with van der Waals surface area (Å²) < 4.78 is 0. The summed E-state index contributed by atoms with van der Waals surface area (Å²) >= 11 is 0. The quantitative estimate of drug-likeness (QED) is 0.746. The number of aryl methyl sites for hydroxylation is 3. The molecular weight excluding hydrogens is 254 g/mol. The minimum atomic E-state index is -0.0878. The molecule has 0 spiro atoms. The van der Waals surface area contributed by atoms with Gasteiger partial charge in [0.05, 0.1) is 29.9 Å². The molecule has 0 aliphatic rings. The maximum Gasteiger partial charge on any atom is 0.141 e. The minimum Gasteiger partial charge on any atom is -0.390 e. The lowest BCUT2D eigenvalue weighted by Gasteiger charge is -2.04. The van der Waals surface area contributed by atoms with E-state index in [9.17, 15) is 0 Å². The standard InChI is InChI=1S/C14H15N5O/c1-9-17-13(12-4-5-16-14(12)18-9)3-2-10-6-15-7-11(8-20)19-10/h4-7,20H,2-3,8H2,1H3,(H,16,17,18). The molecule has 102 valence electrons. The van der Waals surface area contributed by atoms with Crippen LogP contribution in [-0.2, 0) is 19.4 Å². The molecule has 0 aromatic carbocycles. The number of H-pyrrole nitrogens is 1. The highest BCUT2D eigenvalue weighted by Gasteiger charge is 2.07. The number of nitrogens with one attached hydrogen (secondary N) is 1. The first kappa shape index (κ1) is 12.7. The van der Waals surface area contributed by atoms with Crippen LogP contribution in [0.3, 0.4) is 0 Å². The highest BCUT2D eigenvalue weighted by atomic mass is 16.3. The van der Waals surface area contributed by atoms with Gasteiger partial charge in [-0.15, -0.1) is 0 Å². The smallest absolute Gasteiger partial charge is 0.141 e. The second-order valence-electron chi connectivity index (χ2n) is 4.62. The monoisotopic (exact) mass is 269 g/mol.